The maximum atomic E-state index is 12.5. The second-order valence-corrected chi connectivity index (χ2v) is 6.87. The Morgan fingerprint density at radius 3 is 2.86 bits per heavy atom. The van der Waals surface area contributed by atoms with Gasteiger partial charge in [-0.25, -0.2) is 4.98 Å². The van der Waals surface area contributed by atoms with Crippen LogP contribution in [0.2, 0.25) is 5.02 Å². The molecule has 0 spiro atoms. The zero-order valence-corrected chi connectivity index (χ0v) is 15.8. The van der Waals surface area contributed by atoms with Gasteiger partial charge in [0.25, 0.3) is 5.91 Å². The summed E-state index contributed by atoms with van der Waals surface area (Å²) < 4.78 is 0. The highest BCUT2D eigenvalue weighted by atomic mass is 35.5. The number of hydrogen-bond donors (Lipinski definition) is 3. The van der Waals surface area contributed by atoms with Gasteiger partial charge in [-0.15, -0.1) is 0 Å². The van der Waals surface area contributed by atoms with Gasteiger partial charge in [0, 0.05) is 46.1 Å². The van der Waals surface area contributed by atoms with Gasteiger partial charge in [0.15, 0.2) is 0 Å². The van der Waals surface area contributed by atoms with E-state index in [9.17, 15) is 4.79 Å². The van der Waals surface area contributed by atoms with E-state index in [-0.39, 0.29) is 5.91 Å². The molecule has 4 rings (SSSR count). The van der Waals surface area contributed by atoms with E-state index in [1.807, 2.05) is 36.5 Å². The van der Waals surface area contributed by atoms with Crippen LogP contribution in [-0.2, 0) is 6.42 Å². The first kappa shape index (κ1) is 18.1. The molecule has 140 valence electrons. The predicted octanol–water partition coefficient (Wildman–Crippen LogP) is 4.93. The minimum absolute atomic E-state index is 0.128. The van der Waals surface area contributed by atoms with E-state index < -0.39 is 0 Å². The summed E-state index contributed by atoms with van der Waals surface area (Å²) in [5.74, 6) is 0.461. The zero-order chi connectivity index (χ0) is 19.3. The largest absolute Gasteiger partial charge is 0.361 e. The third-order valence-electron chi connectivity index (χ3n) is 4.47. The van der Waals surface area contributed by atoms with E-state index in [0.717, 1.165) is 17.6 Å². The van der Waals surface area contributed by atoms with E-state index in [1.165, 1.54) is 10.9 Å². The van der Waals surface area contributed by atoms with Crippen molar-refractivity contribution in [3.63, 3.8) is 0 Å². The summed E-state index contributed by atoms with van der Waals surface area (Å²) in [7, 11) is 0. The Bertz CT molecular complexity index is 1120. The number of rotatable bonds is 6. The van der Waals surface area contributed by atoms with Crippen LogP contribution in [0.5, 0.6) is 0 Å². The fourth-order valence-electron chi connectivity index (χ4n) is 3.11. The third kappa shape index (κ3) is 4.15. The van der Waals surface area contributed by atoms with Crippen molar-refractivity contribution < 1.29 is 4.79 Å². The van der Waals surface area contributed by atoms with Crippen LogP contribution in [0.15, 0.2) is 73.1 Å². The Morgan fingerprint density at radius 1 is 1.07 bits per heavy atom. The van der Waals surface area contributed by atoms with E-state index in [4.69, 9.17) is 11.6 Å². The number of pyridine rings is 1. The molecule has 2 aromatic heterocycles. The molecule has 2 aromatic carbocycles. The molecule has 0 saturated carbocycles. The SMILES string of the molecule is O=C(NCCc1c[nH]c2ccccc12)c1ccnc(Nc2cccc(Cl)c2)c1. The van der Waals surface area contributed by atoms with Gasteiger partial charge in [0.05, 0.1) is 0 Å². The fraction of sp³-hybridized carbons (Fsp3) is 0.0909. The van der Waals surface area contributed by atoms with Crippen molar-refractivity contribution >= 4 is 39.9 Å². The lowest BCUT2D eigenvalue weighted by Crippen LogP contribution is -2.25. The second-order valence-electron chi connectivity index (χ2n) is 6.43. The molecule has 0 fully saturated rings. The van der Waals surface area contributed by atoms with Gasteiger partial charge in [-0.3, -0.25) is 4.79 Å². The average molecular weight is 391 g/mol. The van der Waals surface area contributed by atoms with E-state index in [1.54, 1.807) is 30.5 Å². The van der Waals surface area contributed by atoms with Gasteiger partial charge in [0.2, 0.25) is 0 Å². The van der Waals surface area contributed by atoms with Crippen LogP contribution in [0.1, 0.15) is 15.9 Å². The molecule has 5 nitrogen and oxygen atoms in total. The normalized spacial score (nSPS) is 10.8. The number of amides is 1. The number of carbonyl (C=O) groups excluding carboxylic acids is 1. The van der Waals surface area contributed by atoms with Crippen LogP contribution >= 0.6 is 11.6 Å². The van der Waals surface area contributed by atoms with Crippen molar-refractivity contribution in [2.24, 2.45) is 0 Å². The van der Waals surface area contributed by atoms with Crippen LogP contribution in [0, 0.1) is 0 Å². The lowest BCUT2D eigenvalue weighted by molar-refractivity contribution is 0.0954. The molecule has 0 atom stereocenters. The van der Waals surface area contributed by atoms with Crippen LogP contribution in [0.4, 0.5) is 11.5 Å². The Hall–Kier alpha value is -3.31. The number of halogens is 1. The number of carbonyl (C=O) groups is 1. The van der Waals surface area contributed by atoms with Crippen molar-refractivity contribution in [3.8, 4) is 0 Å². The predicted molar refractivity (Wildman–Crippen MR) is 113 cm³/mol. The van der Waals surface area contributed by atoms with Gasteiger partial charge in [-0.2, -0.15) is 0 Å². The Kier molecular flexibility index (Phi) is 5.26. The number of nitrogens with one attached hydrogen (secondary N) is 3. The number of fused-ring (bicyclic) bond motifs is 1. The molecule has 0 bridgehead atoms. The number of anilines is 2. The first-order valence-corrected chi connectivity index (χ1v) is 9.39. The minimum Gasteiger partial charge on any atom is -0.361 e. The molecular weight excluding hydrogens is 372 g/mol. The molecule has 0 unspecified atom stereocenters. The van der Waals surface area contributed by atoms with E-state index in [0.29, 0.717) is 22.9 Å². The van der Waals surface area contributed by atoms with Gasteiger partial charge >= 0.3 is 0 Å². The lowest BCUT2D eigenvalue weighted by Gasteiger charge is -2.08. The number of H-pyrrole nitrogens is 1. The molecule has 0 radical (unpaired) electrons. The molecule has 4 aromatic rings. The number of para-hydroxylation sites is 1. The molecule has 3 N–H and O–H groups in total. The Morgan fingerprint density at radius 2 is 1.96 bits per heavy atom. The monoisotopic (exact) mass is 390 g/mol. The highest BCUT2D eigenvalue weighted by Gasteiger charge is 2.08. The van der Waals surface area contributed by atoms with Crippen molar-refractivity contribution in [3.05, 3.63) is 89.2 Å². The van der Waals surface area contributed by atoms with Crippen LogP contribution in [0.25, 0.3) is 10.9 Å². The van der Waals surface area contributed by atoms with Crippen LogP contribution in [0.3, 0.4) is 0 Å². The molecule has 0 aliphatic heterocycles. The second kappa shape index (κ2) is 8.15. The highest BCUT2D eigenvalue weighted by Crippen LogP contribution is 2.20. The number of aromatic amines is 1. The maximum Gasteiger partial charge on any atom is 0.251 e. The molecular formula is C22H19ClN4O. The first-order valence-electron chi connectivity index (χ1n) is 9.01. The van der Waals surface area contributed by atoms with Gasteiger partial charge in [-0.05, 0) is 48.4 Å². The smallest absolute Gasteiger partial charge is 0.251 e. The summed E-state index contributed by atoms with van der Waals surface area (Å²) in [6.07, 6.45) is 4.37. The van der Waals surface area contributed by atoms with Gasteiger partial charge in [0.1, 0.15) is 5.82 Å². The minimum atomic E-state index is -0.128. The molecule has 28 heavy (non-hydrogen) atoms. The molecule has 1 amide bonds. The molecule has 0 aliphatic rings. The summed E-state index contributed by atoms with van der Waals surface area (Å²) in [5, 5.41) is 7.96. The van der Waals surface area contributed by atoms with Crippen LogP contribution < -0.4 is 10.6 Å². The highest BCUT2D eigenvalue weighted by molar-refractivity contribution is 6.30. The fourth-order valence-corrected chi connectivity index (χ4v) is 3.30. The number of benzene rings is 2. The average Bonchev–Trinajstić information content (AvgIpc) is 3.11. The Balaban J connectivity index is 1.38. The molecule has 2 heterocycles. The maximum absolute atomic E-state index is 12.5. The van der Waals surface area contributed by atoms with E-state index >= 15 is 0 Å². The number of nitrogens with zero attached hydrogens (tertiary/aromatic N) is 1. The first-order chi connectivity index (χ1) is 13.7. The van der Waals surface area contributed by atoms with Gasteiger partial charge in [-0.1, -0.05) is 35.9 Å². The summed E-state index contributed by atoms with van der Waals surface area (Å²) in [5.41, 5.74) is 3.67. The van der Waals surface area contributed by atoms with Crippen molar-refractivity contribution in [2.75, 3.05) is 11.9 Å². The number of hydrogen-bond acceptors (Lipinski definition) is 3. The standard InChI is InChI=1S/C22H19ClN4O/c23-17-4-3-5-18(13-17)27-21-12-15(8-10-24-21)22(28)25-11-9-16-14-26-20-7-2-1-6-19(16)20/h1-8,10,12-14,26H,9,11H2,(H,24,27)(H,25,28). The summed E-state index contributed by atoms with van der Waals surface area (Å²) in [4.78, 5) is 20.0. The summed E-state index contributed by atoms with van der Waals surface area (Å²) in [6, 6.07) is 18.9. The zero-order valence-electron chi connectivity index (χ0n) is 15.1. The Labute approximate surface area is 167 Å². The molecule has 0 saturated heterocycles. The van der Waals surface area contributed by atoms with Crippen molar-refractivity contribution in [2.45, 2.75) is 6.42 Å². The lowest BCUT2D eigenvalue weighted by atomic mass is 10.1. The van der Waals surface area contributed by atoms with Crippen molar-refractivity contribution in [1.82, 2.24) is 15.3 Å². The van der Waals surface area contributed by atoms with E-state index in [2.05, 4.69) is 26.7 Å². The van der Waals surface area contributed by atoms with Gasteiger partial charge < -0.3 is 15.6 Å². The molecule has 0 aliphatic carbocycles. The number of aromatic nitrogens is 2. The topological polar surface area (TPSA) is 69.8 Å². The summed E-state index contributed by atoms with van der Waals surface area (Å²) >= 11 is 6.00. The quantitative estimate of drug-likeness (QED) is 0.437. The third-order valence-corrected chi connectivity index (χ3v) is 4.71. The van der Waals surface area contributed by atoms with Crippen LogP contribution in [-0.4, -0.2) is 22.4 Å². The summed E-state index contributed by atoms with van der Waals surface area (Å²) in [6.45, 7) is 0.556. The van der Waals surface area contributed by atoms with Crippen molar-refractivity contribution in [1.29, 1.82) is 0 Å². The molecule has 6 heteroatoms.